The van der Waals surface area contributed by atoms with Gasteiger partial charge in [0, 0.05) is 6.04 Å². The fourth-order valence-electron chi connectivity index (χ4n) is 1.23. The molecule has 3 N–H and O–H groups in total. The molecule has 13 heavy (non-hydrogen) atoms. The zero-order chi connectivity index (χ0) is 9.84. The molecule has 1 aromatic rings. The Morgan fingerprint density at radius 2 is 2.23 bits per heavy atom. The molecule has 0 bridgehead atoms. The van der Waals surface area contributed by atoms with Crippen molar-refractivity contribution in [3.8, 4) is 5.75 Å². The summed E-state index contributed by atoms with van der Waals surface area (Å²) in [5.41, 5.74) is 6.98. The summed E-state index contributed by atoms with van der Waals surface area (Å²) in [5, 5.41) is 9.27. The van der Waals surface area contributed by atoms with Crippen LogP contribution in [0.3, 0.4) is 0 Å². The van der Waals surface area contributed by atoms with Gasteiger partial charge in [-0.2, -0.15) is 0 Å². The first kappa shape index (κ1) is 10.5. The standard InChI is InChI=1S/C10H14BrNO/c1-2-3-9(12)7-4-5-10(13)8(11)6-7/h4-6,9,13H,2-3,12H2,1H3. The summed E-state index contributed by atoms with van der Waals surface area (Å²) < 4.78 is 0.705. The summed E-state index contributed by atoms with van der Waals surface area (Å²) in [4.78, 5) is 0. The fourth-order valence-corrected chi connectivity index (χ4v) is 1.63. The van der Waals surface area contributed by atoms with Crippen molar-refractivity contribution in [1.29, 1.82) is 0 Å². The highest BCUT2D eigenvalue weighted by molar-refractivity contribution is 9.10. The van der Waals surface area contributed by atoms with Crippen molar-refractivity contribution in [2.75, 3.05) is 0 Å². The Morgan fingerprint density at radius 3 is 2.77 bits per heavy atom. The summed E-state index contributed by atoms with van der Waals surface area (Å²) in [6.07, 6.45) is 2.04. The Labute approximate surface area is 86.9 Å². The van der Waals surface area contributed by atoms with Crippen molar-refractivity contribution in [2.24, 2.45) is 5.73 Å². The average Bonchev–Trinajstić information content (AvgIpc) is 2.10. The van der Waals surface area contributed by atoms with Crippen molar-refractivity contribution in [3.05, 3.63) is 28.2 Å². The van der Waals surface area contributed by atoms with Gasteiger partial charge in [-0.15, -0.1) is 0 Å². The van der Waals surface area contributed by atoms with Gasteiger partial charge < -0.3 is 10.8 Å². The van der Waals surface area contributed by atoms with Crippen LogP contribution in [0.2, 0.25) is 0 Å². The quantitative estimate of drug-likeness (QED) is 0.858. The molecule has 0 amide bonds. The van der Waals surface area contributed by atoms with Crippen molar-refractivity contribution in [3.63, 3.8) is 0 Å². The number of aromatic hydroxyl groups is 1. The van der Waals surface area contributed by atoms with Gasteiger partial charge in [0.1, 0.15) is 5.75 Å². The third-order valence-corrected chi connectivity index (χ3v) is 2.63. The van der Waals surface area contributed by atoms with Crippen LogP contribution in [-0.2, 0) is 0 Å². The van der Waals surface area contributed by atoms with Gasteiger partial charge in [-0.05, 0) is 40.0 Å². The highest BCUT2D eigenvalue weighted by Gasteiger charge is 2.06. The number of benzene rings is 1. The number of phenolic OH excluding ortho intramolecular Hbond substituents is 1. The number of nitrogens with two attached hydrogens (primary N) is 1. The van der Waals surface area contributed by atoms with Crippen LogP contribution < -0.4 is 5.73 Å². The molecule has 1 rings (SSSR count). The van der Waals surface area contributed by atoms with Crippen LogP contribution in [0.15, 0.2) is 22.7 Å². The van der Waals surface area contributed by atoms with E-state index in [-0.39, 0.29) is 11.8 Å². The zero-order valence-corrected chi connectivity index (χ0v) is 9.21. The fraction of sp³-hybridized carbons (Fsp3) is 0.400. The molecular weight excluding hydrogens is 230 g/mol. The smallest absolute Gasteiger partial charge is 0.129 e. The van der Waals surface area contributed by atoms with Crippen LogP contribution in [0.1, 0.15) is 31.4 Å². The molecule has 1 atom stereocenters. The van der Waals surface area contributed by atoms with Crippen LogP contribution in [-0.4, -0.2) is 5.11 Å². The largest absolute Gasteiger partial charge is 0.507 e. The SMILES string of the molecule is CCCC(N)c1ccc(O)c(Br)c1. The van der Waals surface area contributed by atoms with E-state index < -0.39 is 0 Å². The molecule has 0 radical (unpaired) electrons. The Balaban J connectivity index is 2.84. The van der Waals surface area contributed by atoms with E-state index in [2.05, 4.69) is 22.9 Å². The van der Waals surface area contributed by atoms with Crippen molar-refractivity contribution in [1.82, 2.24) is 0 Å². The van der Waals surface area contributed by atoms with Gasteiger partial charge in [0.2, 0.25) is 0 Å². The lowest BCUT2D eigenvalue weighted by atomic mass is 10.0. The van der Waals surface area contributed by atoms with Crippen LogP contribution in [0.4, 0.5) is 0 Å². The molecule has 2 nitrogen and oxygen atoms in total. The van der Waals surface area contributed by atoms with Gasteiger partial charge in [0.25, 0.3) is 0 Å². The maximum Gasteiger partial charge on any atom is 0.129 e. The highest BCUT2D eigenvalue weighted by atomic mass is 79.9. The first-order valence-electron chi connectivity index (χ1n) is 4.39. The van der Waals surface area contributed by atoms with Crippen LogP contribution in [0, 0.1) is 0 Å². The predicted molar refractivity (Wildman–Crippen MR) is 57.6 cm³/mol. The third-order valence-electron chi connectivity index (χ3n) is 2.00. The first-order valence-corrected chi connectivity index (χ1v) is 5.18. The molecular formula is C10H14BrNO. The van der Waals surface area contributed by atoms with Gasteiger partial charge in [-0.1, -0.05) is 19.4 Å². The van der Waals surface area contributed by atoms with E-state index >= 15 is 0 Å². The van der Waals surface area contributed by atoms with E-state index in [1.54, 1.807) is 6.07 Å². The first-order chi connectivity index (χ1) is 6.15. The third kappa shape index (κ3) is 2.71. The monoisotopic (exact) mass is 243 g/mol. The normalized spacial score (nSPS) is 12.8. The topological polar surface area (TPSA) is 46.2 Å². The van der Waals surface area contributed by atoms with E-state index in [9.17, 15) is 5.11 Å². The molecule has 0 fully saturated rings. The van der Waals surface area contributed by atoms with Crippen molar-refractivity contribution in [2.45, 2.75) is 25.8 Å². The number of rotatable bonds is 3. The molecule has 72 valence electrons. The number of phenols is 1. The molecule has 0 saturated heterocycles. The maximum absolute atomic E-state index is 9.27. The lowest BCUT2D eigenvalue weighted by Crippen LogP contribution is -2.09. The molecule has 0 heterocycles. The number of hydrogen-bond donors (Lipinski definition) is 2. The van der Waals surface area contributed by atoms with Gasteiger partial charge in [-0.25, -0.2) is 0 Å². The molecule has 0 saturated carbocycles. The van der Waals surface area contributed by atoms with E-state index in [0.29, 0.717) is 4.47 Å². The summed E-state index contributed by atoms with van der Waals surface area (Å²) in [7, 11) is 0. The Kier molecular flexibility index (Phi) is 3.75. The van der Waals surface area contributed by atoms with Gasteiger partial charge in [0.05, 0.1) is 4.47 Å². The van der Waals surface area contributed by atoms with Crippen LogP contribution in [0.5, 0.6) is 5.75 Å². The van der Waals surface area contributed by atoms with Crippen LogP contribution in [0.25, 0.3) is 0 Å². The minimum atomic E-state index is 0.0712. The second-order valence-electron chi connectivity index (χ2n) is 3.11. The van der Waals surface area contributed by atoms with E-state index in [1.807, 2.05) is 12.1 Å². The Morgan fingerprint density at radius 1 is 1.54 bits per heavy atom. The minimum Gasteiger partial charge on any atom is -0.507 e. The van der Waals surface area contributed by atoms with Crippen LogP contribution >= 0.6 is 15.9 Å². The second kappa shape index (κ2) is 4.63. The van der Waals surface area contributed by atoms with Gasteiger partial charge in [-0.3, -0.25) is 0 Å². The molecule has 0 aromatic heterocycles. The summed E-state index contributed by atoms with van der Waals surface area (Å²) in [5.74, 6) is 0.257. The summed E-state index contributed by atoms with van der Waals surface area (Å²) >= 11 is 3.26. The van der Waals surface area contributed by atoms with E-state index in [0.717, 1.165) is 18.4 Å². The molecule has 0 aliphatic heterocycles. The maximum atomic E-state index is 9.27. The molecule has 1 aromatic carbocycles. The lowest BCUT2D eigenvalue weighted by Gasteiger charge is -2.11. The predicted octanol–water partition coefficient (Wildman–Crippen LogP) is 2.95. The molecule has 0 aliphatic carbocycles. The average molecular weight is 244 g/mol. The Bertz CT molecular complexity index is 288. The molecule has 1 unspecified atom stereocenters. The number of halogens is 1. The minimum absolute atomic E-state index is 0.0712. The molecule has 0 spiro atoms. The molecule has 3 heteroatoms. The van der Waals surface area contributed by atoms with Gasteiger partial charge >= 0.3 is 0 Å². The van der Waals surface area contributed by atoms with Crippen molar-refractivity contribution < 1.29 is 5.11 Å². The highest BCUT2D eigenvalue weighted by Crippen LogP contribution is 2.27. The second-order valence-corrected chi connectivity index (χ2v) is 3.96. The van der Waals surface area contributed by atoms with E-state index in [4.69, 9.17) is 5.73 Å². The van der Waals surface area contributed by atoms with Crippen molar-refractivity contribution >= 4 is 15.9 Å². The van der Waals surface area contributed by atoms with Gasteiger partial charge in [0.15, 0.2) is 0 Å². The number of hydrogen-bond acceptors (Lipinski definition) is 2. The Hall–Kier alpha value is -0.540. The summed E-state index contributed by atoms with van der Waals surface area (Å²) in [6, 6.07) is 5.47. The zero-order valence-electron chi connectivity index (χ0n) is 7.63. The molecule has 0 aliphatic rings. The lowest BCUT2D eigenvalue weighted by molar-refractivity contribution is 0.471. The van der Waals surface area contributed by atoms with E-state index in [1.165, 1.54) is 0 Å². The summed E-state index contributed by atoms with van der Waals surface area (Å²) in [6.45, 7) is 2.11.